The highest BCUT2D eigenvalue weighted by molar-refractivity contribution is 5.27. The first-order valence-corrected chi connectivity index (χ1v) is 13.2. The molecule has 0 aliphatic heterocycles. The average molecular weight is 417 g/mol. The third-order valence-corrected chi connectivity index (χ3v) is 11.0. The van der Waals surface area contributed by atoms with Gasteiger partial charge in [0.05, 0.1) is 11.7 Å². The molecule has 0 aromatic heterocycles. The fourth-order valence-electron chi connectivity index (χ4n) is 8.93. The van der Waals surface area contributed by atoms with Crippen molar-refractivity contribution in [2.75, 3.05) is 0 Å². The number of allylic oxidation sites excluding steroid dienone is 1. The lowest BCUT2D eigenvalue weighted by atomic mass is 9.46. The minimum Gasteiger partial charge on any atom is -0.393 e. The van der Waals surface area contributed by atoms with Crippen molar-refractivity contribution in [3.8, 4) is 0 Å². The molecule has 4 aliphatic carbocycles. The van der Waals surface area contributed by atoms with E-state index in [0.717, 1.165) is 55.3 Å². The molecule has 0 saturated heterocycles. The molecule has 172 valence electrons. The first kappa shape index (κ1) is 22.8. The van der Waals surface area contributed by atoms with Crippen LogP contribution in [-0.2, 0) is 0 Å². The Balaban J connectivity index is 1.50. The molecule has 0 radical (unpaired) electrons. The van der Waals surface area contributed by atoms with Crippen molar-refractivity contribution >= 4 is 0 Å². The molecule has 0 spiro atoms. The van der Waals surface area contributed by atoms with Gasteiger partial charge in [0.2, 0.25) is 0 Å². The average Bonchev–Trinajstić information content (AvgIpc) is 3.05. The van der Waals surface area contributed by atoms with Gasteiger partial charge in [0, 0.05) is 0 Å². The summed E-state index contributed by atoms with van der Waals surface area (Å²) in [5.74, 6) is 4.24. The molecular formula is C28H48O2. The Morgan fingerprint density at radius 2 is 1.80 bits per heavy atom. The Hall–Kier alpha value is -0.340. The van der Waals surface area contributed by atoms with E-state index < -0.39 is 5.60 Å². The molecule has 3 saturated carbocycles. The minimum atomic E-state index is -0.443. The molecule has 0 heterocycles. The highest BCUT2D eigenvalue weighted by Crippen LogP contribution is 2.67. The van der Waals surface area contributed by atoms with Crippen LogP contribution >= 0.6 is 0 Å². The van der Waals surface area contributed by atoms with Gasteiger partial charge in [0.1, 0.15) is 0 Å². The van der Waals surface area contributed by atoms with Crippen LogP contribution in [0.25, 0.3) is 0 Å². The zero-order valence-corrected chi connectivity index (χ0v) is 20.4. The summed E-state index contributed by atoms with van der Waals surface area (Å²) in [6, 6.07) is 0. The van der Waals surface area contributed by atoms with E-state index in [1.54, 1.807) is 5.57 Å². The van der Waals surface area contributed by atoms with E-state index in [0.29, 0.717) is 10.8 Å². The summed E-state index contributed by atoms with van der Waals surface area (Å²) in [6.07, 6.45) is 16.8. The fourth-order valence-corrected chi connectivity index (χ4v) is 8.93. The first-order chi connectivity index (χ1) is 14.1. The summed E-state index contributed by atoms with van der Waals surface area (Å²) in [5, 5.41) is 20.6. The Morgan fingerprint density at radius 1 is 1.03 bits per heavy atom. The number of hydrogen-bond donors (Lipinski definition) is 2. The van der Waals surface area contributed by atoms with Crippen molar-refractivity contribution in [2.45, 2.75) is 123 Å². The lowest BCUT2D eigenvalue weighted by molar-refractivity contribution is -0.0755. The summed E-state index contributed by atoms with van der Waals surface area (Å²) in [7, 11) is 0. The van der Waals surface area contributed by atoms with E-state index in [1.807, 2.05) is 6.92 Å². The monoisotopic (exact) mass is 416 g/mol. The number of aliphatic hydroxyl groups excluding tert-OH is 1. The maximum Gasteiger partial charge on any atom is 0.0682 e. The van der Waals surface area contributed by atoms with E-state index in [9.17, 15) is 10.2 Å². The molecule has 9 atom stereocenters. The van der Waals surface area contributed by atoms with Gasteiger partial charge in [-0.1, -0.05) is 52.2 Å². The molecule has 2 nitrogen and oxygen atoms in total. The molecule has 4 aliphatic rings. The molecular weight excluding hydrogens is 368 g/mol. The van der Waals surface area contributed by atoms with Crippen LogP contribution in [0.15, 0.2) is 11.6 Å². The maximum absolute atomic E-state index is 11.0. The largest absolute Gasteiger partial charge is 0.393 e. The van der Waals surface area contributed by atoms with E-state index in [4.69, 9.17) is 0 Å². The van der Waals surface area contributed by atoms with Crippen molar-refractivity contribution in [1.82, 2.24) is 0 Å². The van der Waals surface area contributed by atoms with Gasteiger partial charge >= 0.3 is 0 Å². The van der Waals surface area contributed by atoms with Crippen LogP contribution in [0.1, 0.15) is 112 Å². The second-order valence-electron chi connectivity index (χ2n) is 12.5. The normalized spacial score (nSPS) is 47.6. The van der Waals surface area contributed by atoms with E-state index in [1.165, 1.54) is 51.4 Å². The highest BCUT2D eigenvalue weighted by atomic mass is 16.3. The van der Waals surface area contributed by atoms with E-state index >= 15 is 0 Å². The summed E-state index contributed by atoms with van der Waals surface area (Å²) < 4.78 is 0. The van der Waals surface area contributed by atoms with E-state index in [-0.39, 0.29) is 6.10 Å². The quantitative estimate of drug-likeness (QED) is 0.463. The van der Waals surface area contributed by atoms with Crippen LogP contribution < -0.4 is 0 Å². The minimum absolute atomic E-state index is 0.149. The van der Waals surface area contributed by atoms with Crippen LogP contribution in [0.4, 0.5) is 0 Å². The van der Waals surface area contributed by atoms with Gasteiger partial charge in [-0.25, -0.2) is 0 Å². The Labute approximate surface area is 185 Å². The number of aliphatic hydroxyl groups is 2. The molecule has 30 heavy (non-hydrogen) atoms. The lowest BCUT2D eigenvalue weighted by Gasteiger charge is -2.59. The second kappa shape index (κ2) is 8.22. The van der Waals surface area contributed by atoms with Crippen molar-refractivity contribution in [1.29, 1.82) is 0 Å². The third kappa shape index (κ3) is 3.72. The first-order valence-electron chi connectivity index (χ1n) is 13.2. The van der Waals surface area contributed by atoms with Crippen LogP contribution in [-0.4, -0.2) is 21.9 Å². The van der Waals surface area contributed by atoms with Gasteiger partial charge in [-0.05, 0) is 112 Å². The number of fused-ring (bicyclic) bond motifs is 5. The predicted molar refractivity (Wildman–Crippen MR) is 125 cm³/mol. The van der Waals surface area contributed by atoms with Crippen LogP contribution in [0.3, 0.4) is 0 Å². The summed E-state index contributed by atoms with van der Waals surface area (Å²) >= 11 is 0. The standard InChI is InChI=1S/C28H48O2/c1-6-28(30)17-16-26(4)21(18-28)10-11-22-24-13-12-23(19(2)8-7-9-20(3)29)27(24,5)15-14-25(22)26/h10,19-20,22-25,29-30H,6-9,11-18H2,1-5H3/t19-,20?,22?,23-,24?,25?,26?,27?,28+/m1/s1. The zero-order valence-electron chi connectivity index (χ0n) is 20.4. The van der Waals surface area contributed by atoms with Crippen molar-refractivity contribution < 1.29 is 10.2 Å². The van der Waals surface area contributed by atoms with Crippen molar-refractivity contribution in [3.05, 3.63) is 11.6 Å². The topological polar surface area (TPSA) is 40.5 Å². The van der Waals surface area contributed by atoms with Gasteiger partial charge in [-0.15, -0.1) is 0 Å². The Kier molecular flexibility index (Phi) is 6.26. The Morgan fingerprint density at radius 3 is 2.50 bits per heavy atom. The second-order valence-corrected chi connectivity index (χ2v) is 12.5. The van der Waals surface area contributed by atoms with Gasteiger partial charge in [0.25, 0.3) is 0 Å². The summed E-state index contributed by atoms with van der Waals surface area (Å²) in [5.41, 5.74) is 2.02. The zero-order chi connectivity index (χ0) is 21.7. The highest BCUT2D eigenvalue weighted by Gasteiger charge is 2.59. The van der Waals surface area contributed by atoms with Crippen LogP contribution in [0, 0.1) is 40.4 Å². The SMILES string of the molecule is CC[C@]1(O)CCC2(C)C(=CCC3C2CCC2(C)C3CC[C@@H]2[C@H](C)CCCC(C)O)C1. The van der Waals surface area contributed by atoms with Gasteiger partial charge in [-0.2, -0.15) is 0 Å². The molecule has 3 fully saturated rings. The molecule has 0 bridgehead atoms. The smallest absolute Gasteiger partial charge is 0.0682 e. The Bertz CT molecular complexity index is 653. The molecule has 2 heteroatoms. The van der Waals surface area contributed by atoms with Crippen LogP contribution in [0.5, 0.6) is 0 Å². The third-order valence-electron chi connectivity index (χ3n) is 11.0. The number of hydrogen-bond acceptors (Lipinski definition) is 2. The molecule has 0 amide bonds. The summed E-state index contributed by atoms with van der Waals surface area (Å²) in [6.45, 7) is 11.8. The molecule has 0 aromatic rings. The lowest BCUT2D eigenvalue weighted by Crippen LogP contribution is -2.52. The molecule has 0 aromatic carbocycles. The molecule has 2 N–H and O–H groups in total. The van der Waals surface area contributed by atoms with Crippen molar-refractivity contribution in [3.63, 3.8) is 0 Å². The number of rotatable bonds is 6. The van der Waals surface area contributed by atoms with Gasteiger partial charge < -0.3 is 10.2 Å². The fraction of sp³-hybridized carbons (Fsp3) is 0.929. The molecule has 6 unspecified atom stereocenters. The van der Waals surface area contributed by atoms with E-state index in [2.05, 4.69) is 33.8 Å². The van der Waals surface area contributed by atoms with Gasteiger partial charge in [-0.3, -0.25) is 0 Å². The van der Waals surface area contributed by atoms with Crippen molar-refractivity contribution in [2.24, 2.45) is 40.4 Å². The van der Waals surface area contributed by atoms with Crippen LogP contribution in [0.2, 0.25) is 0 Å². The predicted octanol–water partition coefficient (Wildman–Crippen LogP) is 6.89. The molecule has 4 rings (SSSR count). The maximum atomic E-state index is 11.0. The summed E-state index contributed by atoms with van der Waals surface area (Å²) in [4.78, 5) is 0. The van der Waals surface area contributed by atoms with Gasteiger partial charge in [0.15, 0.2) is 0 Å².